The minimum atomic E-state index is -0.812. The molecule has 0 fully saturated rings. The number of benzene rings is 2. The summed E-state index contributed by atoms with van der Waals surface area (Å²) in [5.41, 5.74) is 1.17. The number of nitrogens with zero attached hydrogens (tertiary/aromatic N) is 1. The number of anilines is 1. The van der Waals surface area contributed by atoms with Gasteiger partial charge in [-0.25, -0.2) is 4.39 Å². The summed E-state index contributed by atoms with van der Waals surface area (Å²) in [6, 6.07) is 12.8. The van der Waals surface area contributed by atoms with E-state index >= 15 is 0 Å². The van der Waals surface area contributed by atoms with Crippen LogP contribution in [0.4, 0.5) is 10.1 Å². The van der Waals surface area contributed by atoms with E-state index in [0.29, 0.717) is 0 Å². The minimum absolute atomic E-state index is 0.0658. The number of carbonyl (C=O) groups is 2. The topological polar surface area (TPSA) is 69.6 Å². The Hall–Kier alpha value is -3.15. The van der Waals surface area contributed by atoms with E-state index < -0.39 is 23.4 Å². The van der Waals surface area contributed by atoms with Crippen molar-refractivity contribution < 1.29 is 19.1 Å². The summed E-state index contributed by atoms with van der Waals surface area (Å²) in [5, 5.41) is 11.9. The highest BCUT2D eigenvalue weighted by Crippen LogP contribution is 2.23. The summed E-state index contributed by atoms with van der Waals surface area (Å²) >= 11 is 0. The van der Waals surface area contributed by atoms with Crippen LogP contribution in [0.1, 0.15) is 5.56 Å². The quantitative estimate of drug-likeness (QED) is 0.672. The van der Waals surface area contributed by atoms with Crippen molar-refractivity contribution in [2.24, 2.45) is 0 Å². The van der Waals surface area contributed by atoms with Crippen LogP contribution in [0, 0.1) is 5.82 Å². The average molecular weight is 312 g/mol. The number of hydrogen-bond acceptors (Lipinski definition) is 4. The molecule has 1 aliphatic heterocycles. The van der Waals surface area contributed by atoms with E-state index in [9.17, 15) is 14.0 Å². The van der Waals surface area contributed by atoms with Crippen LogP contribution in [-0.2, 0) is 16.1 Å². The maximum absolute atomic E-state index is 13.3. The molecule has 6 heteroatoms. The van der Waals surface area contributed by atoms with Crippen LogP contribution < -0.4 is 5.32 Å². The van der Waals surface area contributed by atoms with Crippen LogP contribution in [0.25, 0.3) is 0 Å². The molecule has 2 aromatic carbocycles. The second kappa shape index (κ2) is 5.92. The minimum Gasteiger partial charge on any atom is -0.505 e. The van der Waals surface area contributed by atoms with E-state index in [1.807, 2.05) is 30.3 Å². The van der Waals surface area contributed by atoms with Gasteiger partial charge in [0.05, 0.1) is 6.54 Å². The van der Waals surface area contributed by atoms with Gasteiger partial charge in [-0.15, -0.1) is 0 Å². The molecule has 116 valence electrons. The van der Waals surface area contributed by atoms with Crippen molar-refractivity contribution in [3.8, 4) is 5.75 Å². The zero-order valence-electron chi connectivity index (χ0n) is 12.0. The molecule has 23 heavy (non-hydrogen) atoms. The zero-order valence-corrected chi connectivity index (χ0v) is 12.0. The SMILES string of the molecule is O=C1C=C(Nc2ccc(O)c(F)c2)C(=O)N1Cc1ccccc1. The standard InChI is InChI=1S/C17H13FN2O3/c18-13-8-12(6-7-15(13)21)19-14-9-16(22)20(17(14)23)10-11-4-2-1-3-5-11/h1-9,19,21H,10H2. The van der Waals surface area contributed by atoms with E-state index in [2.05, 4.69) is 5.32 Å². The largest absolute Gasteiger partial charge is 0.505 e. The Kier molecular flexibility index (Phi) is 3.80. The number of halogens is 1. The van der Waals surface area contributed by atoms with Gasteiger partial charge in [0.2, 0.25) is 0 Å². The first-order valence-electron chi connectivity index (χ1n) is 6.91. The van der Waals surface area contributed by atoms with E-state index in [1.165, 1.54) is 18.2 Å². The number of phenolic OH excluding ortho intramolecular Hbond substituents is 1. The number of phenols is 1. The Morgan fingerprint density at radius 2 is 1.83 bits per heavy atom. The molecule has 2 N–H and O–H groups in total. The number of amides is 2. The van der Waals surface area contributed by atoms with Crippen LogP contribution >= 0.6 is 0 Å². The van der Waals surface area contributed by atoms with Gasteiger partial charge >= 0.3 is 0 Å². The molecule has 5 nitrogen and oxygen atoms in total. The molecule has 0 aliphatic carbocycles. The van der Waals surface area contributed by atoms with Crippen molar-refractivity contribution in [2.45, 2.75) is 6.54 Å². The van der Waals surface area contributed by atoms with Crippen molar-refractivity contribution in [2.75, 3.05) is 5.32 Å². The van der Waals surface area contributed by atoms with Gasteiger partial charge in [0.1, 0.15) is 5.70 Å². The Balaban J connectivity index is 1.75. The Labute approximate surface area is 131 Å². The summed E-state index contributed by atoms with van der Waals surface area (Å²) in [4.78, 5) is 25.4. The molecule has 1 heterocycles. The fourth-order valence-corrected chi connectivity index (χ4v) is 2.25. The molecule has 0 radical (unpaired) electrons. The second-order valence-electron chi connectivity index (χ2n) is 5.06. The highest BCUT2D eigenvalue weighted by molar-refractivity contribution is 6.17. The van der Waals surface area contributed by atoms with Crippen molar-refractivity contribution >= 4 is 17.5 Å². The number of nitrogens with one attached hydrogen (secondary N) is 1. The van der Waals surface area contributed by atoms with Crippen LogP contribution in [0.2, 0.25) is 0 Å². The number of hydrogen-bond donors (Lipinski definition) is 2. The maximum Gasteiger partial charge on any atom is 0.277 e. The van der Waals surface area contributed by atoms with Gasteiger partial charge < -0.3 is 10.4 Å². The van der Waals surface area contributed by atoms with Gasteiger partial charge in [0.25, 0.3) is 11.8 Å². The van der Waals surface area contributed by atoms with Gasteiger partial charge in [-0.1, -0.05) is 30.3 Å². The Bertz CT molecular complexity index is 803. The lowest BCUT2D eigenvalue weighted by molar-refractivity contribution is -0.137. The van der Waals surface area contributed by atoms with Crippen LogP contribution in [0.5, 0.6) is 5.75 Å². The molecule has 2 aromatic rings. The van der Waals surface area contributed by atoms with E-state index in [-0.39, 0.29) is 17.9 Å². The lowest BCUT2D eigenvalue weighted by Gasteiger charge is -2.15. The highest BCUT2D eigenvalue weighted by Gasteiger charge is 2.31. The molecule has 0 bridgehead atoms. The second-order valence-corrected chi connectivity index (χ2v) is 5.06. The van der Waals surface area contributed by atoms with Crippen LogP contribution in [0.3, 0.4) is 0 Å². The molecule has 0 unspecified atom stereocenters. The van der Waals surface area contributed by atoms with E-state index in [1.54, 1.807) is 0 Å². The summed E-state index contributed by atoms with van der Waals surface area (Å²) in [6.45, 7) is 0.171. The molecule has 2 amide bonds. The molecule has 0 atom stereocenters. The normalized spacial score (nSPS) is 14.1. The molecule has 0 saturated heterocycles. The summed E-state index contributed by atoms with van der Waals surface area (Å²) in [6.07, 6.45) is 1.18. The van der Waals surface area contributed by atoms with Gasteiger partial charge in [-0.3, -0.25) is 14.5 Å². The Morgan fingerprint density at radius 1 is 1.09 bits per heavy atom. The van der Waals surface area contributed by atoms with Gasteiger partial charge in [-0.2, -0.15) is 0 Å². The molecule has 0 saturated carbocycles. The predicted molar refractivity (Wildman–Crippen MR) is 81.8 cm³/mol. The third kappa shape index (κ3) is 3.06. The van der Waals surface area contributed by atoms with E-state index in [4.69, 9.17) is 5.11 Å². The third-order valence-electron chi connectivity index (χ3n) is 3.42. The smallest absolute Gasteiger partial charge is 0.277 e. The predicted octanol–water partition coefficient (Wildman–Crippen LogP) is 2.40. The molecule has 0 spiro atoms. The van der Waals surface area contributed by atoms with Crippen molar-refractivity contribution in [1.82, 2.24) is 4.90 Å². The van der Waals surface area contributed by atoms with Crippen LogP contribution in [-0.4, -0.2) is 21.8 Å². The monoisotopic (exact) mass is 312 g/mol. The number of rotatable bonds is 4. The summed E-state index contributed by atoms with van der Waals surface area (Å²) in [5.74, 6) is -2.20. The molecule has 1 aliphatic rings. The van der Waals surface area contributed by atoms with Gasteiger partial charge in [0, 0.05) is 17.8 Å². The molecular weight excluding hydrogens is 299 g/mol. The fourth-order valence-electron chi connectivity index (χ4n) is 2.25. The van der Waals surface area contributed by atoms with Crippen LogP contribution in [0.15, 0.2) is 60.3 Å². The number of imide groups is 1. The maximum atomic E-state index is 13.3. The van der Waals surface area contributed by atoms with Crippen molar-refractivity contribution in [1.29, 1.82) is 0 Å². The first kappa shape index (κ1) is 14.8. The third-order valence-corrected chi connectivity index (χ3v) is 3.42. The average Bonchev–Trinajstić information content (AvgIpc) is 2.80. The molecule has 3 rings (SSSR count). The first-order chi connectivity index (χ1) is 11.0. The lowest BCUT2D eigenvalue weighted by Crippen LogP contribution is -2.31. The van der Waals surface area contributed by atoms with E-state index in [0.717, 1.165) is 16.5 Å². The van der Waals surface area contributed by atoms with Crippen molar-refractivity contribution in [3.63, 3.8) is 0 Å². The van der Waals surface area contributed by atoms with Crippen molar-refractivity contribution in [3.05, 3.63) is 71.7 Å². The first-order valence-corrected chi connectivity index (χ1v) is 6.91. The van der Waals surface area contributed by atoms with Gasteiger partial charge in [-0.05, 0) is 17.7 Å². The number of carbonyl (C=O) groups excluding carboxylic acids is 2. The molecular formula is C17H13FN2O3. The molecule has 0 aromatic heterocycles. The number of aromatic hydroxyl groups is 1. The highest BCUT2D eigenvalue weighted by atomic mass is 19.1. The Morgan fingerprint density at radius 3 is 2.52 bits per heavy atom. The summed E-state index contributed by atoms with van der Waals surface area (Å²) in [7, 11) is 0. The lowest BCUT2D eigenvalue weighted by atomic mass is 10.2. The summed E-state index contributed by atoms with van der Waals surface area (Å²) < 4.78 is 13.3. The fraction of sp³-hybridized carbons (Fsp3) is 0.0588. The zero-order chi connectivity index (χ0) is 16.4. The van der Waals surface area contributed by atoms with Gasteiger partial charge in [0.15, 0.2) is 11.6 Å².